The average Bonchev–Trinajstić information content (AvgIpc) is 3.53. The number of fused-ring (bicyclic) bond motifs is 1. The largest absolute Gasteiger partial charge is 0.434 e. The minimum absolute atomic E-state index is 0.00516. The SMILES string of the molecule is CCCC(NC(=O)Oc1ccco1)C(=O)N1CCC2C1C(=O)CN2S(=O)(=O)c1cccnc1. The van der Waals surface area contributed by atoms with Crippen LogP contribution in [0.2, 0.25) is 0 Å². The molecule has 2 amide bonds. The van der Waals surface area contributed by atoms with Crippen LogP contribution in [0, 0.1) is 0 Å². The highest BCUT2D eigenvalue weighted by Gasteiger charge is 2.54. The van der Waals surface area contributed by atoms with E-state index in [4.69, 9.17) is 9.15 Å². The molecule has 4 rings (SSSR count). The van der Waals surface area contributed by atoms with E-state index in [-0.39, 0.29) is 29.7 Å². The monoisotopic (exact) mass is 476 g/mol. The van der Waals surface area contributed by atoms with E-state index >= 15 is 0 Å². The van der Waals surface area contributed by atoms with Crippen molar-refractivity contribution in [2.45, 2.75) is 49.2 Å². The normalized spacial score (nSPS) is 21.6. The standard InChI is InChI=1S/C21H24N4O7S/c1-2-5-15(23-21(28)32-18-7-4-11-31-18)20(27)24-10-8-16-19(24)17(26)13-25(16)33(29,30)14-6-3-9-22-12-14/h3-4,6-7,9,11-12,15-16,19H,2,5,8,10,13H2,1H3,(H,23,28). The van der Waals surface area contributed by atoms with Crippen molar-refractivity contribution in [1.29, 1.82) is 0 Å². The number of likely N-dealkylation sites (tertiary alicyclic amines) is 1. The molecule has 2 saturated heterocycles. The van der Waals surface area contributed by atoms with E-state index in [2.05, 4.69) is 10.3 Å². The van der Waals surface area contributed by atoms with Crippen molar-refractivity contribution in [1.82, 2.24) is 19.5 Å². The first-order chi connectivity index (χ1) is 15.8. The molecule has 176 valence electrons. The first-order valence-corrected chi connectivity index (χ1v) is 12.0. The van der Waals surface area contributed by atoms with Gasteiger partial charge in [0.25, 0.3) is 5.95 Å². The predicted octanol–water partition coefficient (Wildman–Crippen LogP) is 1.17. The van der Waals surface area contributed by atoms with Gasteiger partial charge in [-0.15, -0.1) is 0 Å². The maximum atomic E-state index is 13.3. The van der Waals surface area contributed by atoms with Crippen molar-refractivity contribution in [3.8, 4) is 5.95 Å². The summed E-state index contributed by atoms with van der Waals surface area (Å²) in [5.41, 5.74) is 0. The number of pyridine rings is 1. The molecular formula is C21H24N4O7S. The first kappa shape index (κ1) is 22.9. The van der Waals surface area contributed by atoms with Crippen LogP contribution < -0.4 is 10.1 Å². The van der Waals surface area contributed by atoms with E-state index in [0.717, 1.165) is 4.31 Å². The predicted molar refractivity (Wildman–Crippen MR) is 114 cm³/mol. The highest BCUT2D eigenvalue weighted by atomic mass is 32.2. The molecule has 0 radical (unpaired) electrons. The van der Waals surface area contributed by atoms with Crippen molar-refractivity contribution in [3.63, 3.8) is 0 Å². The zero-order chi connectivity index (χ0) is 23.6. The molecule has 0 aromatic carbocycles. The van der Waals surface area contributed by atoms with E-state index in [1.807, 2.05) is 6.92 Å². The van der Waals surface area contributed by atoms with Gasteiger partial charge >= 0.3 is 6.09 Å². The Morgan fingerprint density at radius 3 is 2.82 bits per heavy atom. The Morgan fingerprint density at radius 2 is 2.15 bits per heavy atom. The number of carbonyl (C=O) groups excluding carboxylic acids is 3. The van der Waals surface area contributed by atoms with Gasteiger partial charge in [0, 0.05) is 25.0 Å². The van der Waals surface area contributed by atoms with Gasteiger partial charge < -0.3 is 19.4 Å². The second kappa shape index (κ2) is 9.32. The number of sulfonamides is 1. The van der Waals surface area contributed by atoms with Crippen LogP contribution >= 0.6 is 0 Å². The number of aromatic nitrogens is 1. The number of carbonyl (C=O) groups is 3. The Morgan fingerprint density at radius 1 is 1.33 bits per heavy atom. The molecule has 0 spiro atoms. The van der Waals surface area contributed by atoms with Gasteiger partial charge in [-0.3, -0.25) is 14.6 Å². The number of rotatable bonds is 7. The van der Waals surface area contributed by atoms with Crippen LogP contribution in [0.15, 0.2) is 52.2 Å². The quantitative estimate of drug-likeness (QED) is 0.628. The number of hydrogen-bond donors (Lipinski definition) is 1. The molecule has 3 unspecified atom stereocenters. The molecule has 11 nitrogen and oxygen atoms in total. The fourth-order valence-corrected chi connectivity index (χ4v) is 5.90. The Balaban J connectivity index is 1.49. The molecule has 0 aliphatic carbocycles. The molecule has 33 heavy (non-hydrogen) atoms. The summed E-state index contributed by atoms with van der Waals surface area (Å²) in [6.07, 6.45) is 4.42. The maximum absolute atomic E-state index is 13.3. The number of furan rings is 1. The number of ketones is 1. The smallest absolute Gasteiger partial charge is 0.415 e. The third kappa shape index (κ3) is 4.48. The fraction of sp³-hybridized carbons (Fsp3) is 0.429. The van der Waals surface area contributed by atoms with Crippen molar-refractivity contribution in [2.75, 3.05) is 13.1 Å². The van der Waals surface area contributed by atoms with Gasteiger partial charge in [-0.1, -0.05) is 13.3 Å². The molecule has 12 heteroatoms. The Labute approximate surface area is 190 Å². The number of nitrogens with one attached hydrogen (secondary N) is 1. The van der Waals surface area contributed by atoms with E-state index in [0.29, 0.717) is 19.3 Å². The Hall–Kier alpha value is -3.25. The van der Waals surface area contributed by atoms with Gasteiger partial charge in [0.05, 0.1) is 18.8 Å². The maximum Gasteiger partial charge on any atom is 0.415 e. The number of ether oxygens (including phenoxy) is 1. The molecule has 3 atom stereocenters. The van der Waals surface area contributed by atoms with Crippen LogP contribution in [-0.4, -0.2) is 71.6 Å². The van der Waals surface area contributed by atoms with Crippen molar-refractivity contribution in [2.24, 2.45) is 0 Å². The molecule has 0 bridgehead atoms. The molecule has 2 fully saturated rings. The van der Waals surface area contributed by atoms with Gasteiger partial charge in [0.15, 0.2) is 5.78 Å². The van der Waals surface area contributed by atoms with Crippen molar-refractivity contribution >= 4 is 27.8 Å². The fourth-order valence-electron chi connectivity index (χ4n) is 4.31. The zero-order valence-corrected chi connectivity index (χ0v) is 18.7. The highest BCUT2D eigenvalue weighted by Crippen LogP contribution is 2.34. The summed E-state index contributed by atoms with van der Waals surface area (Å²) in [5.74, 6) is -0.819. The molecule has 1 N–H and O–H groups in total. The molecule has 2 aliphatic heterocycles. The summed E-state index contributed by atoms with van der Waals surface area (Å²) in [5, 5.41) is 2.53. The second-order valence-corrected chi connectivity index (χ2v) is 9.74. The van der Waals surface area contributed by atoms with Crippen LogP contribution in [0.1, 0.15) is 26.2 Å². The molecular weight excluding hydrogens is 452 g/mol. The summed E-state index contributed by atoms with van der Waals surface area (Å²) in [4.78, 5) is 43.6. The number of nitrogens with zero attached hydrogens (tertiary/aromatic N) is 3. The van der Waals surface area contributed by atoms with Crippen LogP contribution in [-0.2, 0) is 19.6 Å². The lowest BCUT2D eigenvalue weighted by atomic mass is 10.1. The van der Waals surface area contributed by atoms with Crippen LogP contribution in [0.5, 0.6) is 5.95 Å². The molecule has 2 aliphatic rings. The van der Waals surface area contributed by atoms with E-state index in [1.54, 1.807) is 6.07 Å². The summed E-state index contributed by atoms with van der Waals surface area (Å²) < 4.78 is 37.3. The van der Waals surface area contributed by atoms with Crippen LogP contribution in [0.3, 0.4) is 0 Å². The molecule has 0 saturated carbocycles. The van der Waals surface area contributed by atoms with Gasteiger partial charge in [-0.2, -0.15) is 4.31 Å². The topological polar surface area (TPSA) is 139 Å². The molecule has 2 aromatic heterocycles. The summed E-state index contributed by atoms with van der Waals surface area (Å²) >= 11 is 0. The van der Waals surface area contributed by atoms with E-state index in [1.165, 1.54) is 41.8 Å². The minimum Gasteiger partial charge on any atom is -0.434 e. The van der Waals surface area contributed by atoms with Crippen LogP contribution in [0.25, 0.3) is 0 Å². The minimum atomic E-state index is -3.94. The molecule has 2 aromatic rings. The van der Waals surface area contributed by atoms with Crippen LogP contribution in [0.4, 0.5) is 4.79 Å². The first-order valence-electron chi connectivity index (χ1n) is 10.6. The van der Waals surface area contributed by atoms with Crippen molar-refractivity contribution < 1.29 is 32.0 Å². The summed E-state index contributed by atoms with van der Waals surface area (Å²) in [7, 11) is -3.94. The number of hydrogen-bond acceptors (Lipinski definition) is 8. The zero-order valence-electron chi connectivity index (χ0n) is 17.9. The Kier molecular flexibility index (Phi) is 6.47. The lowest BCUT2D eigenvalue weighted by Crippen LogP contribution is -2.53. The lowest BCUT2D eigenvalue weighted by Gasteiger charge is -2.27. The summed E-state index contributed by atoms with van der Waals surface area (Å²) in [6.45, 7) is 1.74. The van der Waals surface area contributed by atoms with Gasteiger partial charge in [-0.25, -0.2) is 13.2 Å². The summed E-state index contributed by atoms with van der Waals surface area (Å²) in [6, 6.07) is 3.46. The lowest BCUT2D eigenvalue weighted by molar-refractivity contribution is -0.138. The van der Waals surface area contributed by atoms with Gasteiger partial charge in [-0.05, 0) is 31.0 Å². The number of amides is 2. The Bertz CT molecular complexity index is 1120. The van der Waals surface area contributed by atoms with Gasteiger partial charge in [0.1, 0.15) is 17.0 Å². The van der Waals surface area contributed by atoms with Crippen molar-refractivity contribution in [3.05, 3.63) is 42.9 Å². The second-order valence-electron chi connectivity index (χ2n) is 7.84. The third-order valence-corrected chi connectivity index (χ3v) is 7.61. The van der Waals surface area contributed by atoms with E-state index < -0.39 is 40.1 Å². The highest BCUT2D eigenvalue weighted by molar-refractivity contribution is 7.89. The van der Waals surface area contributed by atoms with E-state index in [9.17, 15) is 22.8 Å². The average molecular weight is 477 g/mol. The van der Waals surface area contributed by atoms with Gasteiger partial charge in [0.2, 0.25) is 15.9 Å². The molecule has 4 heterocycles. The third-order valence-electron chi connectivity index (χ3n) is 5.76. The number of Topliss-reactive ketones (excluding diaryl/α,β-unsaturated/α-hetero) is 1.